The molecule has 7 nitrogen and oxygen atoms in total. The number of piperidine rings is 1. The molecule has 140 valence electrons. The molecule has 2 aromatic rings. The van der Waals surface area contributed by atoms with Gasteiger partial charge in [-0.25, -0.2) is 4.98 Å². The van der Waals surface area contributed by atoms with E-state index < -0.39 is 6.04 Å². The van der Waals surface area contributed by atoms with Crippen molar-refractivity contribution in [2.24, 2.45) is 0 Å². The lowest BCUT2D eigenvalue weighted by molar-refractivity contribution is -0.125. The summed E-state index contributed by atoms with van der Waals surface area (Å²) in [6.45, 7) is 2.33. The number of anilines is 2. The quantitative estimate of drug-likeness (QED) is 0.881. The maximum atomic E-state index is 13.2. The first-order valence-corrected chi connectivity index (χ1v) is 9.80. The predicted molar refractivity (Wildman–Crippen MR) is 103 cm³/mol. The van der Waals surface area contributed by atoms with Gasteiger partial charge in [0.05, 0.1) is 11.3 Å². The van der Waals surface area contributed by atoms with E-state index in [2.05, 4.69) is 10.3 Å². The molecule has 8 heteroatoms. The number of para-hydroxylation sites is 1. The molecule has 0 spiro atoms. The van der Waals surface area contributed by atoms with Crippen molar-refractivity contribution in [3.63, 3.8) is 0 Å². The largest absolute Gasteiger partial charge is 0.327 e. The van der Waals surface area contributed by atoms with Crippen molar-refractivity contribution in [1.29, 1.82) is 0 Å². The molecule has 1 aromatic heterocycles. The number of carbonyl (C=O) groups excluding carboxylic acids is 3. The van der Waals surface area contributed by atoms with E-state index in [-0.39, 0.29) is 24.3 Å². The van der Waals surface area contributed by atoms with E-state index in [4.69, 9.17) is 0 Å². The topological polar surface area (TPSA) is 82.6 Å². The maximum absolute atomic E-state index is 13.2. The zero-order valence-electron chi connectivity index (χ0n) is 15.0. The fourth-order valence-corrected chi connectivity index (χ4v) is 4.33. The minimum absolute atomic E-state index is 0.137. The molecular formula is C19H20N4O3S. The van der Waals surface area contributed by atoms with Gasteiger partial charge in [0, 0.05) is 17.6 Å². The summed E-state index contributed by atoms with van der Waals surface area (Å²) in [5.74, 6) is -0.662. The Bertz CT molecular complexity index is 910. The van der Waals surface area contributed by atoms with E-state index in [1.54, 1.807) is 35.4 Å². The van der Waals surface area contributed by atoms with Crippen molar-refractivity contribution in [1.82, 2.24) is 9.88 Å². The first-order valence-electron chi connectivity index (χ1n) is 8.98. The van der Waals surface area contributed by atoms with Crippen molar-refractivity contribution in [2.45, 2.75) is 32.2 Å². The number of aryl methyl sites for hydroxylation is 1. The molecular weight excluding hydrogens is 364 g/mol. The molecule has 0 radical (unpaired) electrons. The summed E-state index contributed by atoms with van der Waals surface area (Å²) < 4.78 is 0. The Kier molecular flexibility index (Phi) is 4.65. The van der Waals surface area contributed by atoms with Gasteiger partial charge in [-0.15, -0.1) is 11.3 Å². The zero-order chi connectivity index (χ0) is 19.0. The molecule has 1 unspecified atom stereocenters. The van der Waals surface area contributed by atoms with Gasteiger partial charge in [0.2, 0.25) is 11.8 Å². The number of amides is 3. The van der Waals surface area contributed by atoms with Gasteiger partial charge in [-0.1, -0.05) is 12.1 Å². The van der Waals surface area contributed by atoms with Crippen molar-refractivity contribution >= 4 is 39.9 Å². The molecule has 1 N–H and O–H groups in total. The molecule has 27 heavy (non-hydrogen) atoms. The summed E-state index contributed by atoms with van der Waals surface area (Å²) in [5, 5.41) is 3.24. The predicted octanol–water partition coefficient (Wildman–Crippen LogP) is 2.43. The second kappa shape index (κ2) is 7.11. The molecule has 1 saturated heterocycles. The Labute approximate surface area is 161 Å². The van der Waals surface area contributed by atoms with Gasteiger partial charge in [0.25, 0.3) is 5.91 Å². The Hall–Kier alpha value is -2.74. The van der Waals surface area contributed by atoms with Gasteiger partial charge in [-0.05, 0) is 38.3 Å². The number of nitrogens with one attached hydrogen (secondary N) is 1. The fourth-order valence-electron chi connectivity index (χ4n) is 3.65. The third-order valence-electron chi connectivity index (χ3n) is 4.91. The van der Waals surface area contributed by atoms with Crippen molar-refractivity contribution in [2.75, 3.05) is 23.3 Å². The number of carbonyl (C=O) groups is 3. The lowest BCUT2D eigenvalue weighted by Gasteiger charge is -2.34. The van der Waals surface area contributed by atoms with E-state index >= 15 is 0 Å². The molecule has 1 fully saturated rings. The number of fused-ring (bicyclic) bond motifs is 2. The second-order valence-corrected chi connectivity index (χ2v) is 8.01. The molecule has 2 aliphatic rings. The zero-order valence-corrected chi connectivity index (χ0v) is 15.8. The lowest BCUT2D eigenvalue weighted by Crippen LogP contribution is -2.52. The maximum Gasteiger partial charge on any atom is 0.256 e. The van der Waals surface area contributed by atoms with Crippen molar-refractivity contribution in [3.8, 4) is 0 Å². The molecule has 1 atom stereocenters. The average Bonchev–Trinajstić information content (AvgIpc) is 3.06. The summed E-state index contributed by atoms with van der Waals surface area (Å²) >= 11 is 1.38. The third-order valence-corrected chi connectivity index (χ3v) is 5.74. The highest BCUT2D eigenvalue weighted by molar-refractivity contribution is 7.15. The number of hydrogen-bond donors (Lipinski definition) is 1. The number of benzene rings is 1. The van der Waals surface area contributed by atoms with Crippen LogP contribution in [0.25, 0.3) is 0 Å². The molecule has 2 aliphatic heterocycles. The van der Waals surface area contributed by atoms with Crippen LogP contribution in [0.15, 0.2) is 30.5 Å². The van der Waals surface area contributed by atoms with Crippen LogP contribution in [-0.4, -0.2) is 46.7 Å². The number of rotatable bonds is 3. The standard InChI is InChI=1S/C19H20N4O3S/c1-12-10-20-19(27-12)21-16(24)11-23-14-7-3-2-6-13(14)17(25)22-9-5-4-8-15(22)18(23)26/h2-3,6-7,10,15H,4-5,8-9,11H2,1H3,(H,20,21,24). The van der Waals surface area contributed by atoms with Crippen LogP contribution in [0.2, 0.25) is 0 Å². The van der Waals surface area contributed by atoms with Gasteiger partial charge in [-0.2, -0.15) is 0 Å². The number of thiazole rings is 1. The number of aromatic nitrogens is 1. The van der Waals surface area contributed by atoms with Gasteiger partial charge >= 0.3 is 0 Å². The van der Waals surface area contributed by atoms with Crippen LogP contribution in [0, 0.1) is 6.92 Å². The Morgan fingerprint density at radius 3 is 2.89 bits per heavy atom. The Morgan fingerprint density at radius 2 is 2.11 bits per heavy atom. The van der Waals surface area contributed by atoms with E-state index in [1.165, 1.54) is 16.2 Å². The molecule has 0 aliphatic carbocycles. The van der Waals surface area contributed by atoms with Crippen LogP contribution in [0.4, 0.5) is 10.8 Å². The van der Waals surface area contributed by atoms with Crippen LogP contribution in [0.1, 0.15) is 34.5 Å². The summed E-state index contributed by atoms with van der Waals surface area (Å²) in [7, 11) is 0. The SMILES string of the molecule is Cc1cnc(NC(=O)CN2C(=O)C3CCCCN3C(=O)c3ccccc32)s1. The van der Waals surface area contributed by atoms with Crippen LogP contribution in [0.5, 0.6) is 0 Å². The van der Waals surface area contributed by atoms with Gasteiger partial charge in [0.1, 0.15) is 12.6 Å². The van der Waals surface area contributed by atoms with Crippen LogP contribution in [-0.2, 0) is 9.59 Å². The first-order chi connectivity index (χ1) is 13.0. The van der Waals surface area contributed by atoms with E-state index in [1.807, 2.05) is 6.92 Å². The van der Waals surface area contributed by atoms with E-state index in [0.717, 1.165) is 17.7 Å². The minimum atomic E-state index is -0.506. The van der Waals surface area contributed by atoms with Crippen molar-refractivity contribution < 1.29 is 14.4 Å². The van der Waals surface area contributed by atoms with Gasteiger partial charge in [0.15, 0.2) is 5.13 Å². The highest BCUT2D eigenvalue weighted by Gasteiger charge is 2.40. The molecule has 3 amide bonds. The molecule has 4 rings (SSSR count). The fraction of sp³-hybridized carbons (Fsp3) is 0.368. The molecule has 0 saturated carbocycles. The molecule has 1 aromatic carbocycles. The first kappa shape index (κ1) is 17.7. The second-order valence-electron chi connectivity index (χ2n) is 6.78. The smallest absolute Gasteiger partial charge is 0.256 e. The molecule has 0 bridgehead atoms. The number of nitrogens with zero attached hydrogens (tertiary/aromatic N) is 3. The third kappa shape index (κ3) is 3.32. The normalized spacial score (nSPS) is 19.4. The summed E-state index contributed by atoms with van der Waals surface area (Å²) in [6.07, 6.45) is 4.10. The Balaban J connectivity index is 1.65. The van der Waals surface area contributed by atoms with Gasteiger partial charge < -0.3 is 15.1 Å². The highest BCUT2D eigenvalue weighted by atomic mass is 32.1. The lowest BCUT2D eigenvalue weighted by atomic mass is 10.0. The van der Waals surface area contributed by atoms with Crippen LogP contribution < -0.4 is 10.2 Å². The Morgan fingerprint density at radius 1 is 1.30 bits per heavy atom. The highest BCUT2D eigenvalue weighted by Crippen LogP contribution is 2.31. The summed E-state index contributed by atoms with van der Waals surface area (Å²) in [5.41, 5.74) is 0.959. The minimum Gasteiger partial charge on any atom is -0.327 e. The summed E-state index contributed by atoms with van der Waals surface area (Å²) in [6, 6.07) is 6.50. The van der Waals surface area contributed by atoms with Crippen LogP contribution >= 0.6 is 11.3 Å². The monoisotopic (exact) mass is 384 g/mol. The van der Waals surface area contributed by atoms with Gasteiger partial charge in [-0.3, -0.25) is 14.4 Å². The van der Waals surface area contributed by atoms with Crippen LogP contribution in [0.3, 0.4) is 0 Å². The summed E-state index contributed by atoms with van der Waals surface area (Å²) in [4.78, 5) is 47.0. The molecule has 3 heterocycles. The number of hydrogen-bond acceptors (Lipinski definition) is 5. The average molecular weight is 384 g/mol. The van der Waals surface area contributed by atoms with Crippen molar-refractivity contribution in [3.05, 3.63) is 40.9 Å². The van der Waals surface area contributed by atoms with E-state index in [9.17, 15) is 14.4 Å². The van der Waals surface area contributed by atoms with E-state index in [0.29, 0.717) is 29.3 Å².